The van der Waals surface area contributed by atoms with Crippen molar-refractivity contribution in [1.82, 2.24) is 0 Å². The van der Waals surface area contributed by atoms with E-state index >= 15 is 0 Å². The summed E-state index contributed by atoms with van der Waals surface area (Å²) in [5.74, 6) is 0. The minimum atomic E-state index is -0.380. The maximum atomic E-state index is 9.53. The molecule has 0 aromatic heterocycles. The van der Waals surface area contributed by atoms with Gasteiger partial charge in [0.15, 0.2) is 0 Å². The zero-order chi connectivity index (χ0) is 10.2. The van der Waals surface area contributed by atoms with Crippen molar-refractivity contribution in [3.05, 3.63) is 0 Å². The molecule has 1 aliphatic heterocycles. The molecule has 0 spiro atoms. The maximum absolute atomic E-state index is 9.53. The summed E-state index contributed by atoms with van der Waals surface area (Å²) in [6, 6.07) is 0. The van der Waals surface area contributed by atoms with E-state index in [0.29, 0.717) is 32.8 Å². The van der Waals surface area contributed by atoms with Crippen LogP contribution in [-0.2, 0) is 14.2 Å². The highest BCUT2D eigenvalue weighted by molar-refractivity contribution is 4.72. The van der Waals surface area contributed by atoms with Gasteiger partial charge in [0.05, 0.1) is 25.9 Å². The van der Waals surface area contributed by atoms with Gasteiger partial charge < -0.3 is 19.3 Å². The Morgan fingerprint density at radius 3 is 2.93 bits per heavy atom. The minimum absolute atomic E-state index is 0.172. The molecular weight excluding hydrogens is 184 g/mol. The molecule has 84 valence electrons. The van der Waals surface area contributed by atoms with E-state index in [1.807, 2.05) is 0 Å². The van der Waals surface area contributed by atoms with Gasteiger partial charge in [-0.2, -0.15) is 0 Å². The Labute approximate surface area is 85.2 Å². The Hall–Kier alpha value is -0.160. The van der Waals surface area contributed by atoms with E-state index in [0.717, 1.165) is 13.0 Å². The van der Waals surface area contributed by atoms with Gasteiger partial charge in [-0.25, -0.2) is 0 Å². The van der Waals surface area contributed by atoms with Crippen molar-refractivity contribution in [2.45, 2.75) is 32.0 Å². The zero-order valence-electron chi connectivity index (χ0n) is 8.78. The first-order valence-corrected chi connectivity index (χ1v) is 5.29. The molecule has 1 heterocycles. The van der Waals surface area contributed by atoms with Gasteiger partial charge in [0.25, 0.3) is 0 Å². The van der Waals surface area contributed by atoms with Crippen LogP contribution < -0.4 is 0 Å². The maximum Gasteiger partial charge on any atom is 0.107 e. The van der Waals surface area contributed by atoms with E-state index in [1.54, 1.807) is 0 Å². The van der Waals surface area contributed by atoms with Gasteiger partial charge in [-0.05, 0) is 12.8 Å². The van der Waals surface area contributed by atoms with Gasteiger partial charge in [-0.15, -0.1) is 0 Å². The molecule has 2 atom stereocenters. The highest BCUT2D eigenvalue weighted by atomic mass is 16.6. The molecule has 1 fully saturated rings. The van der Waals surface area contributed by atoms with Crippen LogP contribution in [0.3, 0.4) is 0 Å². The van der Waals surface area contributed by atoms with E-state index in [4.69, 9.17) is 14.2 Å². The van der Waals surface area contributed by atoms with Gasteiger partial charge in [0.2, 0.25) is 0 Å². The standard InChI is InChI=1S/C10H20O4/c1-2-4-12-6-7-14-10-8-13-5-3-9(10)11/h9-11H,2-8H2,1H3. The highest BCUT2D eigenvalue weighted by Gasteiger charge is 2.23. The molecule has 2 unspecified atom stereocenters. The van der Waals surface area contributed by atoms with Crippen molar-refractivity contribution in [1.29, 1.82) is 0 Å². The fraction of sp³-hybridized carbons (Fsp3) is 1.00. The first kappa shape index (κ1) is 11.9. The van der Waals surface area contributed by atoms with Gasteiger partial charge in [0, 0.05) is 13.2 Å². The van der Waals surface area contributed by atoms with Crippen LogP contribution in [0.4, 0.5) is 0 Å². The molecule has 0 aliphatic carbocycles. The highest BCUT2D eigenvalue weighted by Crippen LogP contribution is 2.10. The van der Waals surface area contributed by atoms with Crippen LogP contribution in [0.15, 0.2) is 0 Å². The van der Waals surface area contributed by atoms with E-state index in [2.05, 4.69) is 6.92 Å². The van der Waals surface area contributed by atoms with E-state index in [1.165, 1.54) is 0 Å². The summed E-state index contributed by atoms with van der Waals surface area (Å²) in [6.07, 6.45) is 1.14. The first-order chi connectivity index (χ1) is 6.84. The molecule has 1 aliphatic rings. The molecule has 1 N–H and O–H groups in total. The van der Waals surface area contributed by atoms with Crippen LogP contribution in [0.2, 0.25) is 0 Å². The Morgan fingerprint density at radius 1 is 1.36 bits per heavy atom. The summed E-state index contributed by atoms with van der Waals surface area (Å²) in [6.45, 7) is 5.09. The monoisotopic (exact) mass is 204 g/mol. The lowest BCUT2D eigenvalue weighted by atomic mass is 10.1. The van der Waals surface area contributed by atoms with Crippen molar-refractivity contribution >= 4 is 0 Å². The predicted molar refractivity (Wildman–Crippen MR) is 52.3 cm³/mol. The van der Waals surface area contributed by atoms with Crippen LogP contribution in [0.1, 0.15) is 19.8 Å². The van der Waals surface area contributed by atoms with E-state index in [9.17, 15) is 5.11 Å². The molecule has 4 nitrogen and oxygen atoms in total. The number of ether oxygens (including phenoxy) is 3. The SMILES string of the molecule is CCCOCCOC1COCCC1O. The van der Waals surface area contributed by atoms with Gasteiger partial charge in [-0.1, -0.05) is 6.92 Å². The zero-order valence-corrected chi connectivity index (χ0v) is 8.78. The number of aliphatic hydroxyl groups is 1. The second kappa shape index (κ2) is 7.17. The summed E-state index contributed by atoms with van der Waals surface area (Å²) in [7, 11) is 0. The fourth-order valence-corrected chi connectivity index (χ4v) is 1.36. The molecule has 0 bridgehead atoms. The van der Waals surface area contributed by atoms with Gasteiger partial charge in [0.1, 0.15) is 6.10 Å². The fourth-order valence-electron chi connectivity index (χ4n) is 1.36. The second-order valence-corrected chi connectivity index (χ2v) is 3.45. The lowest BCUT2D eigenvalue weighted by Crippen LogP contribution is -2.39. The van der Waals surface area contributed by atoms with E-state index < -0.39 is 0 Å². The quantitative estimate of drug-likeness (QED) is 0.643. The summed E-state index contributed by atoms with van der Waals surface area (Å²) < 4.78 is 15.9. The largest absolute Gasteiger partial charge is 0.390 e. The van der Waals surface area contributed by atoms with Gasteiger partial charge in [-0.3, -0.25) is 0 Å². The molecule has 1 rings (SSSR count). The lowest BCUT2D eigenvalue weighted by Gasteiger charge is -2.27. The van der Waals surface area contributed by atoms with Crippen LogP contribution >= 0.6 is 0 Å². The summed E-state index contributed by atoms with van der Waals surface area (Å²) in [5.41, 5.74) is 0. The Balaban J connectivity index is 1.99. The number of rotatable bonds is 6. The minimum Gasteiger partial charge on any atom is -0.390 e. The third-order valence-corrected chi connectivity index (χ3v) is 2.18. The topological polar surface area (TPSA) is 47.9 Å². The second-order valence-electron chi connectivity index (χ2n) is 3.45. The third kappa shape index (κ3) is 4.37. The normalized spacial score (nSPS) is 27.9. The smallest absolute Gasteiger partial charge is 0.107 e. The Morgan fingerprint density at radius 2 is 2.21 bits per heavy atom. The van der Waals surface area contributed by atoms with Crippen LogP contribution in [0.25, 0.3) is 0 Å². The van der Waals surface area contributed by atoms with E-state index in [-0.39, 0.29) is 12.2 Å². The van der Waals surface area contributed by atoms with Crippen molar-refractivity contribution in [3.63, 3.8) is 0 Å². The summed E-state index contributed by atoms with van der Waals surface area (Å²) >= 11 is 0. The van der Waals surface area contributed by atoms with Crippen molar-refractivity contribution in [3.8, 4) is 0 Å². The molecule has 0 saturated carbocycles. The summed E-state index contributed by atoms with van der Waals surface area (Å²) in [5, 5.41) is 9.53. The number of hydrogen-bond acceptors (Lipinski definition) is 4. The molecular formula is C10H20O4. The van der Waals surface area contributed by atoms with Crippen molar-refractivity contribution in [2.75, 3.05) is 33.0 Å². The molecule has 0 radical (unpaired) electrons. The predicted octanol–water partition coefficient (Wildman–Crippen LogP) is 0.579. The average Bonchev–Trinajstić information content (AvgIpc) is 2.20. The van der Waals surface area contributed by atoms with Crippen molar-refractivity contribution in [2.24, 2.45) is 0 Å². The molecule has 4 heteroatoms. The Kier molecular flexibility index (Phi) is 6.10. The molecule has 1 saturated heterocycles. The number of aliphatic hydroxyl groups excluding tert-OH is 1. The van der Waals surface area contributed by atoms with Crippen LogP contribution in [0, 0.1) is 0 Å². The third-order valence-electron chi connectivity index (χ3n) is 2.18. The molecule has 0 amide bonds. The van der Waals surface area contributed by atoms with Crippen LogP contribution in [0.5, 0.6) is 0 Å². The first-order valence-electron chi connectivity index (χ1n) is 5.29. The average molecular weight is 204 g/mol. The Bertz CT molecular complexity index is 140. The lowest BCUT2D eigenvalue weighted by molar-refractivity contribution is -0.124. The molecule has 0 aromatic rings. The number of hydrogen-bond donors (Lipinski definition) is 1. The van der Waals surface area contributed by atoms with Crippen molar-refractivity contribution < 1.29 is 19.3 Å². The molecule has 14 heavy (non-hydrogen) atoms. The molecule has 0 aromatic carbocycles. The summed E-state index contributed by atoms with van der Waals surface area (Å²) in [4.78, 5) is 0. The van der Waals surface area contributed by atoms with Gasteiger partial charge >= 0.3 is 0 Å². The van der Waals surface area contributed by atoms with Crippen LogP contribution in [-0.4, -0.2) is 50.3 Å².